The highest BCUT2D eigenvalue weighted by Gasteiger charge is 2.26. The van der Waals surface area contributed by atoms with E-state index in [0.29, 0.717) is 32.8 Å². The number of aromatic nitrogens is 1. The molecule has 1 aromatic rings. The molecule has 1 N–H and O–H groups in total. The van der Waals surface area contributed by atoms with Crippen LogP contribution in [0.15, 0.2) is 10.9 Å². The number of piperazine rings is 1. The van der Waals surface area contributed by atoms with E-state index in [9.17, 15) is 19.6 Å². The Labute approximate surface area is 144 Å². The summed E-state index contributed by atoms with van der Waals surface area (Å²) >= 11 is 0. The third-order valence-corrected chi connectivity index (χ3v) is 3.75. The summed E-state index contributed by atoms with van der Waals surface area (Å²) in [4.78, 5) is 41.6. The van der Waals surface area contributed by atoms with Crippen LogP contribution < -0.4 is 10.5 Å². The van der Waals surface area contributed by atoms with E-state index in [4.69, 9.17) is 9.47 Å². The van der Waals surface area contributed by atoms with Crippen LogP contribution in [0.1, 0.15) is 29.8 Å². The Balaban J connectivity index is 2.26. The van der Waals surface area contributed by atoms with E-state index in [1.165, 1.54) is 0 Å². The lowest BCUT2D eigenvalue weighted by atomic mass is 10.1. The summed E-state index contributed by atoms with van der Waals surface area (Å²) in [5.41, 5.74) is -0.497. The van der Waals surface area contributed by atoms with Crippen LogP contribution in [-0.4, -0.2) is 61.3 Å². The van der Waals surface area contributed by atoms with Crippen LogP contribution in [0.4, 0.5) is 10.6 Å². The smallest absolute Gasteiger partial charge is 0.409 e. The number of rotatable bonds is 4. The first-order valence-electron chi connectivity index (χ1n) is 8.03. The summed E-state index contributed by atoms with van der Waals surface area (Å²) in [7, 11) is 0. The molecule has 9 nitrogen and oxygen atoms in total. The standard InChI is InChI=1S/C16H20N4O5/c1-3-24-15(22)11-9-13(21)18-14(12(11)10-17)19-5-7-20(8-6-19)16(23)25-4-2/h9H,3-8H2,1-2H3,(H,18,21). The number of ether oxygens (including phenoxy) is 2. The lowest BCUT2D eigenvalue weighted by Crippen LogP contribution is -2.49. The van der Waals surface area contributed by atoms with Gasteiger partial charge in [-0.25, -0.2) is 9.59 Å². The Morgan fingerprint density at radius 1 is 1.20 bits per heavy atom. The fourth-order valence-corrected chi connectivity index (χ4v) is 2.59. The number of hydrogen-bond acceptors (Lipinski definition) is 7. The van der Waals surface area contributed by atoms with Crippen molar-refractivity contribution in [2.24, 2.45) is 0 Å². The maximum atomic E-state index is 12.0. The molecule has 1 aromatic heterocycles. The monoisotopic (exact) mass is 348 g/mol. The predicted octanol–water partition coefficient (Wildman–Crippen LogP) is 0.702. The van der Waals surface area contributed by atoms with Crippen molar-refractivity contribution in [3.05, 3.63) is 27.5 Å². The van der Waals surface area contributed by atoms with Crippen LogP contribution in [0, 0.1) is 11.3 Å². The van der Waals surface area contributed by atoms with Gasteiger partial charge in [0.05, 0.1) is 18.8 Å². The quantitative estimate of drug-likeness (QED) is 0.796. The minimum atomic E-state index is -0.712. The second-order valence-corrected chi connectivity index (χ2v) is 5.28. The molecule has 2 rings (SSSR count). The second kappa shape index (κ2) is 8.19. The van der Waals surface area contributed by atoms with E-state index in [1.807, 2.05) is 6.07 Å². The molecule has 1 aliphatic heterocycles. The van der Waals surface area contributed by atoms with Gasteiger partial charge in [-0.15, -0.1) is 0 Å². The number of H-pyrrole nitrogens is 1. The van der Waals surface area contributed by atoms with E-state index in [1.54, 1.807) is 23.6 Å². The summed E-state index contributed by atoms with van der Waals surface area (Å²) in [5, 5.41) is 9.46. The largest absolute Gasteiger partial charge is 0.462 e. The van der Waals surface area contributed by atoms with Crippen molar-refractivity contribution >= 4 is 17.9 Å². The Morgan fingerprint density at radius 3 is 2.40 bits per heavy atom. The van der Waals surface area contributed by atoms with E-state index < -0.39 is 17.6 Å². The first kappa shape index (κ1) is 18.3. The summed E-state index contributed by atoms with van der Waals surface area (Å²) < 4.78 is 9.87. The summed E-state index contributed by atoms with van der Waals surface area (Å²) in [5.74, 6) is -0.446. The normalized spacial score (nSPS) is 14.0. The molecule has 0 aromatic carbocycles. The molecule has 0 saturated carbocycles. The number of carbonyl (C=O) groups is 2. The Morgan fingerprint density at radius 2 is 1.84 bits per heavy atom. The summed E-state index contributed by atoms with van der Waals surface area (Å²) in [6.45, 7) is 5.39. The first-order chi connectivity index (χ1) is 12.0. The van der Waals surface area contributed by atoms with Gasteiger partial charge in [0.25, 0.3) is 0 Å². The molecule has 1 amide bonds. The van der Waals surface area contributed by atoms with Crippen LogP contribution >= 0.6 is 0 Å². The van der Waals surface area contributed by atoms with Crippen molar-refractivity contribution in [2.45, 2.75) is 13.8 Å². The zero-order chi connectivity index (χ0) is 18.4. The molecule has 1 saturated heterocycles. The molecule has 25 heavy (non-hydrogen) atoms. The van der Waals surface area contributed by atoms with E-state index in [-0.39, 0.29) is 23.6 Å². The molecule has 0 spiro atoms. The van der Waals surface area contributed by atoms with Gasteiger partial charge in [-0.3, -0.25) is 4.79 Å². The fraction of sp³-hybridized carbons (Fsp3) is 0.500. The fourth-order valence-electron chi connectivity index (χ4n) is 2.59. The molecular weight excluding hydrogens is 328 g/mol. The van der Waals surface area contributed by atoms with Gasteiger partial charge < -0.3 is 24.3 Å². The molecule has 134 valence electrons. The van der Waals surface area contributed by atoms with Gasteiger partial charge in [0.1, 0.15) is 17.5 Å². The zero-order valence-corrected chi connectivity index (χ0v) is 14.2. The Bertz CT molecular complexity index is 744. The topological polar surface area (TPSA) is 116 Å². The van der Waals surface area contributed by atoms with Crippen LogP contribution in [0.2, 0.25) is 0 Å². The van der Waals surface area contributed by atoms with Crippen LogP contribution in [0.25, 0.3) is 0 Å². The molecule has 2 heterocycles. The third kappa shape index (κ3) is 4.09. The minimum absolute atomic E-state index is 0.0580. The van der Waals surface area contributed by atoms with Crippen LogP contribution in [0.3, 0.4) is 0 Å². The first-order valence-corrected chi connectivity index (χ1v) is 8.03. The van der Waals surface area contributed by atoms with Crippen LogP contribution in [-0.2, 0) is 9.47 Å². The van der Waals surface area contributed by atoms with Crippen molar-refractivity contribution in [1.29, 1.82) is 5.26 Å². The number of carbonyl (C=O) groups excluding carboxylic acids is 2. The highest BCUT2D eigenvalue weighted by Crippen LogP contribution is 2.21. The number of nitriles is 1. The second-order valence-electron chi connectivity index (χ2n) is 5.28. The Hall–Kier alpha value is -3.02. The number of nitrogens with zero attached hydrogens (tertiary/aromatic N) is 3. The van der Waals surface area contributed by atoms with Crippen molar-refractivity contribution in [3.8, 4) is 6.07 Å². The van der Waals surface area contributed by atoms with Gasteiger partial charge in [-0.2, -0.15) is 5.26 Å². The van der Waals surface area contributed by atoms with E-state index >= 15 is 0 Å². The van der Waals surface area contributed by atoms with Gasteiger partial charge in [0.2, 0.25) is 5.56 Å². The maximum absolute atomic E-state index is 12.0. The van der Waals surface area contributed by atoms with Gasteiger partial charge in [0.15, 0.2) is 0 Å². The highest BCUT2D eigenvalue weighted by molar-refractivity contribution is 5.93. The molecule has 9 heteroatoms. The highest BCUT2D eigenvalue weighted by atomic mass is 16.6. The SMILES string of the molecule is CCOC(=O)c1cc(=O)[nH]c(N2CCN(C(=O)OCC)CC2)c1C#N. The number of nitrogens with one attached hydrogen (secondary N) is 1. The van der Waals surface area contributed by atoms with E-state index in [0.717, 1.165) is 6.07 Å². The molecule has 0 radical (unpaired) electrons. The lowest BCUT2D eigenvalue weighted by Gasteiger charge is -2.35. The molecular formula is C16H20N4O5. The molecule has 0 bridgehead atoms. The molecule has 1 aliphatic rings. The average Bonchev–Trinajstić information content (AvgIpc) is 2.61. The predicted molar refractivity (Wildman–Crippen MR) is 88.5 cm³/mol. The molecule has 0 aliphatic carbocycles. The van der Waals surface area contributed by atoms with Crippen molar-refractivity contribution in [1.82, 2.24) is 9.88 Å². The number of hydrogen-bond donors (Lipinski definition) is 1. The number of pyridine rings is 1. The molecule has 1 fully saturated rings. The van der Waals surface area contributed by atoms with Crippen molar-refractivity contribution in [2.75, 3.05) is 44.3 Å². The number of esters is 1. The minimum Gasteiger partial charge on any atom is -0.462 e. The summed E-state index contributed by atoms with van der Waals surface area (Å²) in [6.07, 6.45) is -0.392. The summed E-state index contributed by atoms with van der Waals surface area (Å²) in [6, 6.07) is 3.03. The molecule has 0 unspecified atom stereocenters. The van der Waals surface area contributed by atoms with Crippen molar-refractivity contribution < 1.29 is 19.1 Å². The number of amides is 1. The number of aromatic amines is 1. The van der Waals surface area contributed by atoms with Gasteiger partial charge in [-0.05, 0) is 13.8 Å². The average molecular weight is 348 g/mol. The maximum Gasteiger partial charge on any atom is 0.409 e. The van der Waals surface area contributed by atoms with Crippen LogP contribution in [0.5, 0.6) is 0 Å². The van der Waals surface area contributed by atoms with Gasteiger partial charge in [-0.1, -0.05) is 0 Å². The van der Waals surface area contributed by atoms with E-state index in [2.05, 4.69) is 4.98 Å². The van der Waals surface area contributed by atoms with Crippen molar-refractivity contribution in [3.63, 3.8) is 0 Å². The van der Waals surface area contributed by atoms with Gasteiger partial charge >= 0.3 is 12.1 Å². The van der Waals surface area contributed by atoms with Gasteiger partial charge in [0, 0.05) is 32.2 Å². The lowest BCUT2D eigenvalue weighted by molar-refractivity contribution is 0.0525. The third-order valence-electron chi connectivity index (χ3n) is 3.75. The Kier molecular flexibility index (Phi) is 6.00. The molecule has 0 atom stereocenters. The zero-order valence-electron chi connectivity index (χ0n) is 14.2. The number of anilines is 1.